The molecule has 0 radical (unpaired) electrons. The quantitative estimate of drug-likeness (QED) is 0.796. The fraction of sp³-hybridized carbons (Fsp3) is 0.333. The molecule has 3 N–H and O–H groups in total. The van der Waals surface area contributed by atoms with Crippen LogP contribution in [0.2, 0.25) is 5.02 Å². The summed E-state index contributed by atoms with van der Waals surface area (Å²) in [6, 6.07) is 4.61. The molecule has 1 aromatic carbocycles. The minimum absolute atomic E-state index is 0.0416. The predicted octanol–water partition coefficient (Wildman–Crippen LogP) is 1.61. The van der Waals surface area contributed by atoms with Crippen LogP contribution >= 0.6 is 11.6 Å². The maximum Gasteiger partial charge on any atom is 0.244 e. The maximum atomic E-state index is 11.8. The van der Waals surface area contributed by atoms with Gasteiger partial charge in [-0.25, -0.2) is 13.1 Å². The van der Waals surface area contributed by atoms with Gasteiger partial charge in [0.15, 0.2) is 0 Å². The molecule has 0 aliphatic carbocycles. The average Bonchev–Trinajstić information content (AvgIpc) is 2.14. The Labute approximate surface area is 94.5 Å². The molecule has 0 amide bonds. The van der Waals surface area contributed by atoms with Gasteiger partial charge in [-0.1, -0.05) is 24.6 Å². The highest BCUT2D eigenvalue weighted by atomic mass is 35.5. The van der Waals surface area contributed by atoms with E-state index in [9.17, 15) is 8.42 Å². The molecule has 0 bridgehead atoms. The number of nitrogens with two attached hydrogens (primary N) is 1. The number of hydrogen-bond acceptors (Lipinski definition) is 3. The van der Waals surface area contributed by atoms with Gasteiger partial charge < -0.3 is 5.73 Å². The number of halogens is 1. The van der Waals surface area contributed by atoms with Gasteiger partial charge in [0.2, 0.25) is 10.0 Å². The van der Waals surface area contributed by atoms with Crippen molar-refractivity contribution in [2.24, 2.45) is 0 Å². The first-order valence-electron chi connectivity index (χ1n) is 4.52. The molecule has 1 rings (SSSR count). The Morgan fingerprint density at radius 1 is 1.47 bits per heavy atom. The molecule has 0 atom stereocenters. The molecule has 15 heavy (non-hydrogen) atoms. The Morgan fingerprint density at radius 3 is 2.67 bits per heavy atom. The molecule has 0 heterocycles. The van der Waals surface area contributed by atoms with Crippen LogP contribution in [0.1, 0.15) is 13.3 Å². The lowest BCUT2D eigenvalue weighted by atomic mass is 10.3. The van der Waals surface area contributed by atoms with Crippen molar-refractivity contribution in [2.75, 3.05) is 12.3 Å². The molecule has 0 saturated carbocycles. The Morgan fingerprint density at radius 2 is 2.13 bits per heavy atom. The standard InChI is InChI=1S/C9H13ClN2O2S/c1-2-6-12-15(13,14)9-7(10)4-3-5-8(9)11/h3-5,12H,2,6,11H2,1H3. The second-order valence-electron chi connectivity index (χ2n) is 3.06. The Kier molecular flexibility index (Phi) is 3.96. The van der Waals surface area contributed by atoms with E-state index in [1.165, 1.54) is 12.1 Å². The second-order valence-corrected chi connectivity index (χ2v) is 5.17. The van der Waals surface area contributed by atoms with Crippen LogP contribution in [0.3, 0.4) is 0 Å². The van der Waals surface area contributed by atoms with Crippen LogP contribution in [-0.4, -0.2) is 15.0 Å². The molecule has 0 fully saturated rings. The van der Waals surface area contributed by atoms with Gasteiger partial charge in [-0.3, -0.25) is 0 Å². The molecule has 1 aromatic rings. The Hall–Kier alpha value is -0.780. The third-order valence-corrected chi connectivity index (χ3v) is 3.81. The van der Waals surface area contributed by atoms with Gasteiger partial charge in [0.1, 0.15) is 4.90 Å². The maximum absolute atomic E-state index is 11.8. The lowest BCUT2D eigenvalue weighted by Gasteiger charge is -2.09. The largest absolute Gasteiger partial charge is 0.398 e. The van der Waals surface area contributed by atoms with Crippen LogP contribution in [0.4, 0.5) is 5.69 Å². The molecular weight excluding hydrogens is 236 g/mol. The number of rotatable bonds is 4. The summed E-state index contributed by atoms with van der Waals surface area (Å²) in [6.45, 7) is 2.24. The first-order valence-corrected chi connectivity index (χ1v) is 6.39. The number of benzene rings is 1. The Balaban J connectivity index is 3.15. The zero-order valence-corrected chi connectivity index (χ0v) is 9.90. The molecule has 0 saturated heterocycles. The number of nitrogen functional groups attached to an aromatic ring is 1. The normalized spacial score (nSPS) is 11.6. The topological polar surface area (TPSA) is 72.2 Å². The van der Waals surface area contributed by atoms with E-state index < -0.39 is 10.0 Å². The number of anilines is 1. The summed E-state index contributed by atoms with van der Waals surface area (Å²) in [5.74, 6) is 0. The van der Waals surface area contributed by atoms with Crippen LogP contribution < -0.4 is 10.5 Å². The van der Waals surface area contributed by atoms with Gasteiger partial charge in [0.05, 0.1) is 10.7 Å². The van der Waals surface area contributed by atoms with Gasteiger partial charge in [-0.15, -0.1) is 0 Å². The predicted molar refractivity (Wildman–Crippen MR) is 61.3 cm³/mol. The molecule has 6 heteroatoms. The van der Waals surface area contributed by atoms with Crippen LogP contribution in [0.5, 0.6) is 0 Å². The number of nitrogens with one attached hydrogen (secondary N) is 1. The van der Waals surface area contributed by atoms with E-state index in [4.69, 9.17) is 17.3 Å². The minimum atomic E-state index is -3.59. The van der Waals surface area contributed by atoms with Crippen molar-refractivity contribution in [3.05, 3.63) is 23.2 Å². The molecule has 0 unspecified atom stereocenters. The highest BCUT2D eigenvalue weighted by Crippen LogP contribution is 2.26. The SMILES string of the molecule is CCCNS(=O)(=O)c1c(N)cccc1Cl. The van der Waals surface area contributed by atoms with Crippen LogP contribution in [0, 0.1) is 0 Å². The van der Waals surface area contributed by atoms with E-state index in [0.717, 1.165) is 0 Å². The molecule has 0 aliphatic rings. The van der Waals surface area contributed by atoms with E-state index in [2.05, 4.69) is 4.72 Å². The van der Waals surface area contributed by atoms with Crippen LogP contribution in [0.25, 0.3) is 0 Å². The van der Waals surface area contributed by atoms with E-state index in [0.29, 0.717) is 13.0 Å². The summed E-state index contributed by atoms with van der Waals surface area (Å²) >= 11 is 5.79. The van der Waals surface area contributed by atoms with Crippen molar-refractivity contribution in [3.63, 3.8) is 0 Å². The average molecular weight is 249 g/mol. The van der Waals surface area contributed by atoms with Crippen molar-refractivity contribution in [1.82, 2.24) is 4.72 Å². The highest BCUT2D eigenvalue weighted by Gasteiger charge is 2.19. The smallest absolute Gasteiger partial charge is 0.244 e. The lowest BCUT2D eigenvalue weighted by molar-refractivity contribution is 0.581. The van der Waals surface area contributed by atoms with E-state index in [1.54, 1.807) is 6.07 Å². The van der Waals surface area contributed by atoms with Crippen LogP contribution in [-0.2, 0) is 10.0 Å². The zero-order valence-electron chi connectivity index (χ0n) is 8.33. The van der Waals surface area contributed by atoms with E-state index in [1.807, 2.05) is 6.92 Å². The van der Waals surface area contributed by atoms with E-state index in [-0.39, 0.29) is 15.6 Å². The van der Waals surface area contributed by atoms with Crippen molar-refractivity contribution in [2.45, 2.75) is 18.2 Å². The molecule has 84 valence electrons. The van der Waals surface area contributed by atoms with Crippen molar-refractivity contribution < 1.29 is 8.42 Å². The molecule has 0 aliphatic heterocycles. The molecular formula is C9H13ClN2O2S. The second kappa shape index (κ2) is 4.83. The third kappa shape index (κ3) is 2.84. The summed E-state index contributed by atoms with van der Waals surface area (Å²) in [4.78, 5) is -0.0416. The van der Waals surface area contributed by atoms with E-state index >= 15 is 0 Å². The summed E-state index contributed by atoms with van der Waals surface area (Å²) < 4.78 is 25.9. The third-order valence-electron chi connectivity index (χ3n) is 1.81. The van der Waals surface area contributed by atoms with Crippen molar-refractivity contribution in [1.29, 1.82) is 0 Å². The highest BCUT2D eigenvalue weighted by molar-refractivity contribution is 7.89. The Bertz CT molecular complexity index is 425. The molecule has 0 aromatic heterocycles. The fourth-order valence-electron chi connectivity index (χ4n) is 1.12. The lowest BCUT2D eigenvalue weighted by Crippen LogP contribution is -2.25. The van der Waals surface area contributed by atoms with Gasteiger partial charge in [0, 0.05) is 6.54 Å². The number of sulfonamides is 1. The fourth-order valence-corrected chi connectivity index (χ4v) is 2.92. The van der Waals surface area contributed by atoms with Gasteiger partial charge in [-0.05, 0) is 18.6 Å². The van der Waals surface area contributed by atoms with Crippen molar-refractivity contribution in [3.8, 4) is 0 Å². The van der Waals surface area contributed by atoms with Gasteiger partial charge in [-0.2, -0.15) is 0 Å². The minimum Gasteiger partial charge on any atom is -0.398 e. The number of hydrogen-bond donors (Lipinski definition) is 2. The van der Waals surface area contributed by atoms with Crippen molar-refractivity contribution >= 4 is 27.3 Å². The first kappa shape index (κ1) is 12.3. The molecule has 4 nitrogen and oxygen atoms in total. The monoisotopic (exact) mass is 248 g/mol. The molecule has 0 spiro atoms. The van der Waals surface area contributed by atoms with Gasteiger partial charge >= 0.3 is 0 Å². The van der Waals surface area contributed by atoms with Crippen LogP contribution in [0.15, 0.2) is 23.1 Å². The first-order chi connectivity index (χ1) is 6.99. The zero-order chi connectivity index (χ0) is 11.5. The summed E-state index contributed by atoms with van der Waals surface area (Å²) in [7, 11) is -3.59. The summed E-state index contributed by atoms with van der Waals surface area (Å²) in [5.41, 5.74) is 5.73. The summed E-state index contributed by atoms with van der Waals surface area (Å²) in [6.07, 6.45) is 0.712. The summed E-state index contributed by atoms with van der Waals surface area (Å²) in [5, 5.41) is 0.138. The van der Waals surface area contributed by atoms with Gasteiger partial charge in [0.25, 0.3) is 0 Å².